The summed E-state index contributed by atoms with van der Waals surface area (Å²) in [5.74, 6) is -0.0802. The second kappa shape index (κ2) is 7.22. The van der Waals surface area contributed by atoms with Crippen molar-refractivity contribution in [1.29, 1.82) is 0 Å². The van der Waals surface area contributed by atoms with Gasteiger partial charge in [0, 0.05) is 19.0 Å². The van der Waals surface area contributed by atoms with E-state index in [1.54, 1.807) is 4.90 Å². The predicted molar refractivity (Wildman–Crippen MR) is 89.4 cm³/mol. The van der Waals surface area contributed by atoms with Crippen molar-refractivity contribution in [3.63, 3.8) is 0 Å². The highest BCUT2D eigenvalue weighted by Crippen LogP contribution is 2.36. The third kappa shape index (κ3) is 4.95. The fourth-order valence-electron chi connectivity index (χ4n) is 3.57. The number of carbonyl (C=O) groups is 1. The molecule has 5 heteroatoms. The first-order valence-corrected chi connectivity index (χ1v) is 8.65. The Labute approximate surface area is 139 Å². The molecule has 1 N–H and O–H groups in total. The minimum Gasteiger partial charge on any atom is -0.465 e. The molecule has 0 aromatic rings. The highest BCUT2D eigenvalue weighted by atomic mass is 16.7. The number of unbranched alkanes of at least 4 members (excludes halogenated alkanes) is 1. The van der Waals surface area contributed by atoms with Gasteiger partial charge < -0.3 is 19.5 Å². The van der Waals surface area contributed by atoms with Gasteiger partial charge in [0.1, 0.15) is 0 Å². The van der Waals surface area contributed by atoms with E-state index in [0.717, 1.165) is 25.7 Å². The Morgan fingerprint density at radius 2 is 2.00 bits per heavy atom. The van der Waals surface area contributed by atoms with Gasteiger partial charge in [-0.3, -0.25) is 0 Å². The van der Waals surface area contributed by atoms with Crippen molar-refractivity contribution >= 4 is 6.09 Å². The zero-order valence-corrected chi connectivity index (χ0v) is 14.9. The van der Waals surface area contributed by atoms with Gasteiger partial charge in [-0.2, -0.15) is 0 Å². The van der Waals surface area contributed by atoms with Crippen LogP contribution in [0.3, 0.4) is 0 Å². The van der Waals surface area contributed by atoms with Crippen molar-refractivity contribution in [2.24, 2.45) is 11.3 Å². The third-order valence-corrected chi connectivity index (χ3v) is 4.89. The molecule has 0 radical (unpaired) electrons. The monoisotopic (exact) mass is 325 g/mol. The van der Waals surface area contributed by atoms with E-state index in [2.05, 4.69) is 32.9 Å². The van der Waals surface area contributed by atoms with Gasteiger partial charge >= 0.3 is 6.09 Å². The Balaban J connectivity index is 1.78. The SMILES string of the molecule is CC1(CCCC=CC2CC(C(C)(C)C)N(C(=O)O)C2)OCCO1. The van der Waals surface area contributed by atoms with Crippen molar-refractivity contribution in [2.75, 3.05) is 19.8 Å². The summed E-state index contributed by atoms with van der Waals surface area (Å²) >= 11 is 0. The van der Waals surface area contributed by atoms with Crippen LogP contribution in [-0.4, -0.2) is 47.7 Å². The van der Waals surface area contributed by atoms with Crippen LogP contribution in [0.2, 0.25) is 0 Å². The quantitative estimate of drug-likeness (QED) is 0.615. The minimum absolute atomic E-state index is 0.0211. The highest BCUT2D eigenvalue weighted by molar-refractivity contribution is 5.66. The average molecular weight is 325 g/mol. The second-order valence-electron chi connectivity index (χ2n) is 7.96. The number of likely N-dealkylation sites (tertiary alicyclic amines) is 1. The van der Waals surface area contributed by atoms with Crippen LogP contribution in [0.5, 0.6) is 0 Å². The van der Waals surface area contributed by atoms with Crippen LogP contribution >= 0.6 is 0 Å². The molecule has 2 saturated heterocycles. The van der Waals surface area contributed by atoms with Gasteiger partial charge in [0.25, 0.3) is 0 Å². The maximum atomic E-state index is 11.4. The third-order valence-electron chi connectivity index (χ3n) is 4.89. The molecular formula is C18H31NO4. The van der Waals surface area contributed by atoms with Crippen LogP contribution in [0.15, 0.2) is 12.2 Å². The van der Waals surface area contributed by atoms with Crippen molar-refractivity contribution < 1.29 is 19.4 Å². The molecule has 0 saturated carbocycles. The summed E-state index contributed by atoms with van der Waals surface area (Å²) in [6.45, 7) is 10.3. The van der Waals surface area contributed by atoms with Gasteiger partial charge in [0.05, 0.1) is 13.2 Å². The molecule has 5 nitrogen and oxygen atoms in total. The molecule has 23 heavy (non-hydrogen) atoms. The van der Waals surface area contributed by atoms with E-state index in [0.29, 0.717) is 25.7 Å². The standard InChI is InChI=1S/C18H31NO4/c1-17(2,3)15-12-14(13-19(15)16(20)21)8-6-5-7-9-18(4)22-10-11-23-18/h6,8,14-15H,5,7,9-13H2,1-4H3,(H,20,21). The molecule has 2 heterocycles. The molecule has 2 atom stereocenters. The number of nitrogens with zero attached hydrogens (tertiary/aromatic N) is 1. The van der Waals surface area contributed by atoms with Gasteiger partial charge in [0.2, 0.25) is 0 Å². The lowest BCUT2D eigenvalue weighted by atomic mass is 9.84. The summed E-state index contributed by atoms with van der Waals surface area (Å²) in [5.41, 5.74) is -0.0211. The number of allylic oxidation sites excluding steroid dienone is 1. The van der Waals surface area contributed by atoms with Gasteiger partial charge in [-0.1, -0.05) is 32.9 Å². The summed E-state index contributed by atoms with van der Waals surface area (Å²) in [6.07, 6.45) is 7.39. The summed E-state index contributed by atoms with van der Waals surface area (Å²) in [7, 11) is 0. The normalized spacial score (nSPS) is 27.9. The minimum atomic E-state index is -0.802. The molecule has 132 valence electrons. The molecule has 2 aliphatic rings. The summed E-state index contributed by atoms with van der Waals surface area (Å²) in [6, 6.07) is 0.0915. The van der Waals surface area contributed by atoms with Crippen LogP contribution in [-0.2, 0) is 9.47 Å². The van der Waals surface area contributed by atoms with E-state index >= 15 is 0 Å². The van der Waals surface area contributed by atoms with Crippen LogP contribution in [0.4, 0.5) is 4.79 Å². The number of ether oxygens (including phenoxy) is 2. The van der Waals surface area contributed by atoms with Gasteiger partial charge in [-0.25, -0.2) is 4.79 Å². The first-order chi connectivity index (χ1) is 10.7. The molecular weight excluding hydrogens is 294 g/mol. The molecule has 2 aliphatic heterocycles. The smallest absolute Gasteiger partial charge is 0.407 e. The van der Waals surface area contributed by atoms with Crippen LogP contribution < -0.4 is 0 Å². The second-order valence-corrected chi connectivity index (χ2v) is 7.96. The van der Waals surface area contributed by atoms with Crippen molar-refractivity contribution in [3.05, 3.63) is 12.2 Å². The fourth-order valence-corrected chi connectivity index (χ4v) is 3.57. The Morgan fingerprint density at radius 3 is 2.52 bits per heavy atom. The first kappa shape index (κ1) is 18.3. The Bertz CT molecular complexity index is 435. The Kier molecular flexibility index (Phi) is 5.74. The first-order valence-electron chi connectivity index (χ1n) is 8.65. The molecule has 0 aromatic heterocycles. The number of hydrogen-bond acceptors (Lipinski definition) is 3. The molecule has 0 aliphatic carbocycles. The van der Waals surface area contributed by atoms with E-state index in [4.69, 9.17) is 9.47 Å². The highest BCUT2D eigenvalue weighted by Gasteiger charge is 2.40. The van der Waals surface area contributed by atoms with Gasteiger partial charge in [-0.15, -0.1) is 0 Å². The summed E-state index contributed by atoms with van der Waals surface area (Å²) < 4.78 is 11.2. The van der Waals surface area contributed by atoms with Gasteiger partial charge in [-0.05, 0) is 37.5 Å². The molecule has 1 amide bonds. The van der Waals surface area contributed by atoms with Gasteiger partial charge in [0.15, 0.2) is 5.79 Å². The lowest BCUT2D eigenvalue weighted by Crippen LogP contribution is -2.42. The van der Waals surface area contributed by atoms with E-state index in [1.165, 1.54) is 0 Å². The van der Waals surface area contributed by atoms with Crippen molar-refractivity contribution in [3.8, 4) is 0 Å². The summed E-state index contributed by atoms with van der Waals surface area (Å²) in [4.78, 5) is 13.0. The van der Waals surface area contributed by atoms with Crippen LogP contribution in [0.1, 0.15) is 53.4 Å². The maximum Gasteiger partial charge on any atom is 0.407 e. The Hall–Kier alpha value is -1.07. The molecule has 2 fully saturated rings. The molecule has 0 bridgehead atoms. The molecule has 2 rings (SSSR count). The summed E-state index contributed by atoms with van der Waals surface area (Å²) in [5, 5.41) is 9.40. The topological polar surface area (TPSA) is 59.0 Å². The molecule has 0 aromatic carbocycles. The number of amides is 1. The largest absolute Gasteiger partial charge is 0.465 e. The van der Waals surface area contributed by atoms with E-state index in [9.17, 15) is 9.90 Å². The van der Waals surface area contributed by atoms with Crippen LogP contribution in [0, 0.1) is 11.3 Å². The van der Waals surface area contributed by atoms with Crippen LogP contribution in [0.25, 0.3) is 0 Å². The average Bonchev–Trinajstić information content (AvgIpc) is 3.05. The van der Waals surface area contributed by atoms with E-state index in [-0.39, 0.29) is 11.5 Å². The van der Waals surface area contributed by atoms with E-state index in [1.807, 2.05) is 6.92 Å². The fraction of sp³-hybridized carbons (Fsp3) is 0.833. The number of rotatable bonds is 5. The van der Waals surface area contributed by atoms with Crippen molar-refractivity contribution in [1.82, 2.24) is 4.90 Å². The number of hydrogen-bond donors (Lipinski definition) is 1. The zero-order chi connectivity index (χ0) is 17.1. The number of carboxylic acid groups (broad SMARTS) is 1. The van der Waals surface area contributed by atoms with Crippen molar-refractivity contribution in [2.45, 2.75) is 65.2 Å². The predicted octanol–water partition coefficient (Wildman–Crippen LogP) is 3.89. The lowest BCUT2D eigenvalue weighted by molar-refractivity contribution is -0.147. The Morgan fingerprint density at radius 1 is 1.35 bits per heavy atom. The molecule has 0 spiro atoms. The lowest BCUT2D eigenvalue weighted by Gasteiger charge is -2.33. The zero-order valence-electron chi connectivity index (χ0n) is 14.9. The van der Waals surface area contributed by atoms with E-state index < -0.39 is 11.9 Å². The molecule has 2 unspecified atom stereocenters. The maximum absolute atomic E-state index is 11.4.